The lowest BCUT2D eigenvalue weighted by Crippen LogP contribution is -2.56. The Morgan fingerprint density at radius 1 is 0.641 bits per heavy atom. The number of hydrogen-bond acceptors (Lipinski definition) is 2. The van der Waals surface area contributed by atoms with Crippen molar-refractivity contribution < 1.29 is 9.18 Å². The zero-order valence-corrected chi connectivity index (χ0v) is 22.5. The van der Waals surface area contributed by atoms with Crippen LogP contribution in [0.1, 0.15) is 41.1 Å². The van der Waals surface area contributed by atoms with Gasteiger partial charge in [-0.3, -0.25) is 9.69 Å². The van der Waals surface area contributed by atoms with Crippen molar-refractivity contribution in [3.63, 3.8) is 0 Å². The zero-order chi connectivity index (χ0) is 26.9. The van der Waals surface area contributed by atoms with E-state index in [9.17, 15) is 9.18 Å². The fourth-order valence-corrected chi connectivity index (χ4v) is 5.72. The number of rotatable bonds is 11. The Hall–Kier alpha value is -3.76. The van der Waals surface area contributed by atoms with E-state index in [-0.39, 0.29) is 23.8 Å². The van der Waals surface area contributed by atoms with Crippen molar-refractivity contribution in [3.05, 3.63) is 143 Å². The van der Waals surface area contributed by atoms with Crippen molar-refractivity contribution in [1.82, 2.24) is 9.80 Å². The fraction of sp³-hybridized carbons (Fsp3) is 0.286. The highest BCUT2D eigenvalue weighted by molar-refractivity contribution is 5.84. The van der Waals surface area contributed by atoms with Gasteiger partial charge in [-0.15, -0.1) is 0 Å². The Kier molecular flexibility index (Phi) is 9.18. The van der Waals surface area contributed by atoms with Crippen molar-refractivity contribution in [3.8, 4) is 0 Å². The van der Waals surface area contributed by atoms with Crippen molar-refractivity contribution in [2.24, 2.45) is 0 Å². The Bertz CT molecular complexity index is 1250. The summed E-state index contributed by atoms with van der Waals surface area (Å²) in [5, 5.41) is 0. The molecule has 1 unspecified atom stereocenters. The second kappa shape index (κ2) is 13.3. The molecule has 0 N–H and O–H groups in total. The van der Waals surface area contributed by atoms with Crippen LogP contribution in [0.5, 0.6) is 0 Å². The number of carbonyl (C=O) groups is 1. The molecule has 0 bridgehead atoms. The molecule has 1 fully saturated rings. The van der Waals surface area contributed by atoms with Gasteiger partial charge in [0.2, 0.25) is 5.91 Å². The standard InChI is InChI=1S/C35H37FN2O/c36-32-20-16-30(17-21-32)24-25-37-26-27-38(35(39)34(37)31-14-8-3-9-15-31)33(22-18-28-10-4-1-5-11-28)23-19-29-12-6-2-7-13-29/h1-17,20-21,33-34H,18-19,22-27H2. The van der Waals surface area contributed by atoms with Crippen molar-refractivity contribution in [2.45, 2.75) is 44.2 Å². The molecule has 0 aromatic heterocycles. The van der Waals surface area contributed by atoms with Crippen LogP contribution in [0.25, 0.3) is 0 Å². The molecule has 1 saturated heterocycles. The third-order valence-electron chi connectivity index (χ3n) is 7.89. The summed E-state index contributed by atoms with van der Waals surface area (Å²) in [7, 11) is 0. The van der Waals surface area contributed by atoms with Gasteiger partial charge in [-0.05, 0) is 66.5 Å². The van der Waals surface area contributed by atoms with Gasteiger partial charge in [0.25, 0.3) is 0 Å². The summed E-state index contributed by atoms with van der Waals surface area (Å²) in [4.78, 5) is 18.8. The van der Waals surface area contributed by atoms with Crippen LogP contribution in [0.3, 0.4) is 0 Å². The highest BCUT2D eigenvalue weighted by Crippen LogP contribution is 2.30. The van der Waals surface area contributed by atoms with E-state index in [1.54, 1.807) is 0 Å². The summed E-state index contributed by atoms with van der Waals surface area (Å²) in [6.45, 7) is 2.29. The van der Waals surface area contributed by atoms with Crippen molar-refractivity contribution in [2.75, 3.05) is 19.6 Å². The van der Waals surface area contributed by atoms with Crippen LogP contribution in [0.15, 0.2) is 115 Å². The first-order valence-corrected chi connectivity index (χ1v) is 14.1. The summed E-state index contributed by atoms with van der Waals surface area (Å²) < 4.78 is 13.4. The minimum atomic E-state index is -0.309. The molecule has 1 aliphatic heterocycles. The molecule has 3 nitrogen and oxygen atoms in total. The summed E-state index contributed by atoms with van der Waals surface area (Å²) in [6, 6.07) is 37.9. The SMILES string of the molecule is O=C1C(c2ccccc2)N(CCc2ccc(F)cc2)CCN1C(CCc1ccccc1)CCc1ccccc1. The quantitative estimate of drug-likeness (QED) is 0.215. The second-order valence-electron chi connectivity index (χ2n) is 10.5. The molecule has 1 atom stereocenters. The van der Waals surface area contributed by atoms with Crippen LogP contribution in [-0.2, 0) is 24.1 Å². The van der Waals surface area contributed by atoms with E-state index in [0.29, 0.717) is 0 Å². The Morgan fingerprint density at radius 3 is 1.72 bits per heavy atom. The first-order valence-electron chi connectivity index (χ1n) is 14.1. The normalized spacial score (nSPS) is 16.1. The molecule has 5 rings (SSSR count). The highest BCUT2D eigenvalue weighted by atomic mass is 19.1. The summed E-state index contributed by atoms with van der Waals surface area (Å²) >= 11 is 0. The van der Waals surface area contributed by atoms with Crippen LogP contribution in [0.2, 0.25) is 0 Å². The topological polar surface area (TPSA) is 23.6 Å². The number of halogens is 1. The largest absolute Gasteiger partial charge is 0.337 e. The predicted molar refractivity (Wildman–Crippen MR) is 156 cm³/mol. The maximum Gasteiger partial charge on any atom is 0.244 e. The van der Waals surface area contributed by atoms with Gasteiger partial charge in [0.15, 0.2) is 0 Å². The number of amides is 1. The summed E-state index contributed by atoms with van der Waals surface area (Å²) in [6.07, 6.45) is 4.57. The van der Waals surface area contributed by atoms with Crippen LogP contribution < -0.4 is 0 Å². The first kappa shape index (κ1) is 26.8. The average molecular weight is 521 g/mol. The molecule has 200 valence electrons. The minimum absolute atomic E-state index is 0.170. The van der Waals surface area contributed by atoms with E-state index >= 15 is 0 Å². The molecular formula is C35H37FN2O. The predicted octanol–water partition coefficient (Wildman–Crippen LogP) is 6.89. The van der Waals surface area contributed by atoms with Gasteiger partial charge in [-0.2, -0.15) is 0 Å². The van der Waals surface area contributed by atoms with Crippen LogP contribution in [0, 0.1) is 5.82 Å². The van der Waals surface area contributed by atoms with Crippen molar-refractivity contribution >= 4 is 5.91 Å². The van der Waals surface area contributed by atoms with Gasteiger partial charge < -0.3 is 4.90 Å². The lowest BCUT2D eigenvalue weighted by Gasteiger charge is -2.44. The molecule has 4 aromatic carbocycles. The maximum absolute atomic E-state index is 14.3. The first-order chi connectivity index (χ1) is 19.2. The highest BCUT2D eigenvalue weighted by Gasteiger charge is 2.38. The molecule has 1 heterocycles. The number of benzene rings is 4. The molecule has 0 radical (unpaired) electrons. The van der Waals surface area contributed by atoms with Gasteiger partial charge in [0.05, 0.1) is 0 Å². The molecule has 39 heavy (non-hydrogen) atoms. The molecular weight excluding hydrogens is 483 g/mol. The smallest absolute Gasteiger partial charge is 0.244 e. The van der Waals surface area contributed by atoms with Gasteiger partial charge in [0, 0.05) is 25.7 Å². The zero-order valence-electron chi connectivity index (χ0n) is 22.5. The molecule has 1 amide bonds. The fourth-order valence-electron chi connectivity index (χ4n) is 5.72. The van der Waals surface area contributed by atoms with E-state index < -0.39 is 0 Å². The minimum Gasteiger partial charge on any atom is -0.337 e. The molecule has 4 aromatic rings. The van der Waals surface area contributed by atoms with Crippen LogP contribution in [-0.4, -0.2) is 41.4 Å². The number of carbonyl (C=O) groups excluding carboxylic acids is 1. The third kappa shape index (κ3) is 7.21. The second-order valence-corrected chi connectivity index (χ2v) is 10.5. The Labute approximate surface area is 231 Å². The number of nitrogens with zero attached hydrogens (tertiary/aromatic N) is 2. The van der Waals surface area contributed by atoms with E-state index in [1.165, 1.54) is 23.3 Å². The molecule has 0 spiro atoms. The number of hydrogen-bond donors (Lipinski definition) is 0. The average Bonchev–Trinajstić information content (AvgIpc) is 2.99. The molecule has 0 aliphatic carbocycles. The number of piperazine rings is 1. The van der Waals surface area contributed by atoms with Gasteiger partial charge in [-0.1, -0.05) is 103 Å². The summed E-state index contributed by atoms with van der Waals surface area (Å²) in [5.74, 6) is -0.0283. The van der Waals surface area contributed by atoms with E-state index in [1.807, 2.05) is 30.3 Å². The van der Waals surface area contributed by atoms with Crippen LogP contribution >= 0.6 is 0 Å². The molecule has 4 heteroatoms. The third-order valence-corrected chi connectivity index (χ3v) is 7.89. The Balaban J connectivity index is 1.35. The van der Waals surface area contributed by atoms with Gasteiger partial charge in [0.1, 0.15) is 11.9 Å². The van der Waals surface area contributed by atoms with Gasteiger partial charge in [-0.25, -0.2) is 4.39 Å². The Morgan fingerprint density at radius 2 is 1.15 bits per heavy atom. The molecule has 0 saturated carbocycles. The number of aryl methyl sites for hydroxylation is 2. The summed E-state index contributed by atoms with van der Waals surface area (Å²) in [5.41, 5.74) is 4.75. The monoisotopic (exact) mass is 520 g/mol. The maximum atomic E-state index is 14.3. The van der Waals surface area contributed by atoms with E-state index in [0.717, 1.165) is 62.9 Å². The van der Waals surface area contributed by atoms with E-state index in [4.69, 9.17) is 0 Å². The molecule has 1 aliphatic rings. The lowest BCUT2D eigenvalue weighted by atomic mass is 9.94. The lowest BCUT2D eigenvalue weighted by molar-refractivity contribution is -0.145. The van der Waals surface area contributed by atoms with E-state index in [2.05, 4.69) is 82.6 Å². The van der Waals surface area contributed by atoms with Crippen LogP contribution in [0.4, 0.5) is 4.39 Å². The van der Waals surface area contributed by atoms with Crippen molar-refractivity contribution in [1.29, 1.82) is 0 Å². The van der Waals surface area contributed by atoms with Gasteiger partial charge >= 0.3 is 0 Å².